The number of ether oxygens (including phenoxy) is 2. The number of anilines is 1. The Balaban J connectivity index is 1.41. The number of piperazine rings is 1. The van der Waals surface area contributed by atoms with E-state index in [1.165, 1.54) is 16.9 Å². The molecule has 1 aromatic heterocycles. The van der Waals surface area contributed by atoms with Gasteiger partial charge in [0, 0.05) is 44.6 Å². The SMILES string of the molecule is CCC(c1ccc2c(c1)OCO2)N1CCN(c2nc(C(=O)NC)cs2)CC1. The fourth-order valence-corrected chi connectivity index (χ4v) is 4.55. The van der Waals surface area contributed by atoms with Gasteiger partial charge in [0.1, 0.15) is 5.69 Å². The number of fused-ring (bicyclic) bond motifs is 1. The summed E-state index contributed by atoms with van der Waals surface area (Å²) in [5, 5.41) is 5.36. The molecule has 0 aliphatic carbocycles. The summed E-state index contributed by atoms with van der Waals surface area (Å²) in [6, 6.07) is 6.62. The molecule has 27 heavy (non-hydrogen) atoms. The summed E-state index contributed by atoms with van der Waals surface area (Å²) in [4.78, 5) is 21.0. The molecule has 2 aliphatic rings. The molecule has 8 heteroatoms. The van der Waals surface area contributed by atoms with E-state index in [9.17, 15) is 4.79 Å². The molecular formula is C19H24N4O3S. The number of nitrogens with one attached hydrogen (secondary N) is 1. The molecule has 0 bridgehead atoms. The van der Waals surface area contributed by atoms with Crippen molar-refractivity contribution >= 4 is 22.4 Å². The van der Waals surface area contributed by atoms with Crippen molar-refractivity contribution in [2.45, 2.75) is 19.4 Å². The molecule has 0 spiro atoms. The molecule has 1 atom stereocenters. The molecule has 1 saturated heterocycles. The quantitative estimate of drug-likeness (QED) is 0.849. The largest absolute Gasteiger partial charge is 0.454 e. The van der Waals surface area contributed by atoms with Crippen LogP contribution in [0.3, 0.4) is 0 Å². The molecule has 0 radical (unpaired) electrons. The number of carbonyl (C=O) groups excluding carboxylic acids is 1. The molecule has 1 N–H and O–H groups in total. The molecule has 144 valence electrons. The topological polar surface area (TPSA) is 66.9 Å². The highest BCUT2D eigenvalue weighted by Crippen LogP contribution is 2.36. The second-order valence-electron chi connectivity index (χ2n) is 6.65. The maximum atomic E-state index is 11.7. The van der Waals surface area contributed by atoms with Gasteiger partial charge in [-0.2, -0.15) is 0 Å². The molecule has 7 nitrogen and oxygen atoms in total. The van der Waals surface area contributed by atoms with Crippen LogP contribution >= 0.6 is 11.3 Å². The number of carbonyl (C=O) groups is 1. The van der Waals surface area contributed by atoms with Gasteiger partial charge in [-0.1, -0.05) is 13.0 Å². The lowest BCUT2D eigenvalue weighted by atomic mass is 10.0. The number of hydrogen-bond acceptors (Lipinski definition) is 7. The molecule has 1 fully saturated rings. The zero-order valence-corrected chi connectivity index (χ0v) is 16.4. The third-order valence-electron chi connectivity index (χ3n) is 5.15. The summed E-state index contributed by atoms with van der Waals surface area (Å²) in [6.45, 7) is 6.26. The lowest BCUT2D eigenvalue weighted by Gasteiger charge is -2.39. The smallest absolute Gasteiger partial charge is 0.270 e. The number of thiazole rings is 1. The van der Waals surface area contributed by atoms with Crippen LogP contribution in [-0.2, 0) is 0 Å². The first-order chi connectivity index (χ1) is 13.2. The van der Waals surface area contributed by atoms with E-state index in [-0.39, 0.29) is 5.91 Å². The van der Waals surface area contributed by atoms with Crippen LogP contribution in [0.25, 0.3) is 0 Å². The van der Waals surface area contributed by atoms with E-state index in [2.05, 4.69) is 39.2 Å². The van der Waals surface area contributed by atoms with Crippen molar-refractivity contribution in [3.8, 4) is 11.5 Å². The van der Waals surface area contributed by atoms with Crippen LogP contribution in [0, 0.1) is 0 Å². The van der Waals surface area contributed by atoms with Crippen molar-refractivity contribution in [3.05, 3.63) is 34.8 Å². The Morgan fingerprint density at radius 1 is 1.26 bits per heavy atom. The van der Waals surface area contributed by atoms with Gasteiger partial charge < -0.3 is 19.7 Å². The summed E-state index contributed by atoms with van der Waals surface area (Å²) in [5.74, 6) is 1.54. The Morgan fingerprint density at radius 3 is 2.78 bits per heavy atom. The fraction of sp³-hybridized carbons (Fsp3) is 0.474. The number of amides is 1. The molecule has 0 saturated carbocycles. The highest BCUT2D eigenvalue weighted by Gasteiger charge is 2.27. The lowest BCUT2D eigenvalue weighted by Crippen LogP contribution is -2.47. The van der Waals surface area contributed by atoms with E-state index in [0.717, 1.165) is 49.2 Å². The van der Waals surface area contributed by atoms with Crippen LogP contribution < -0.4 is 19.7 Å². The maximum Gasteiger partial charge on any atom is 0.270 e. The third kappa shape index (κ3) is 3.59. The summed E-state index contributed by atoms with van der Waals surface area (Å²) < 4.78 is 11.0. The highest BCUT2D eigenvalue weighted by molar-refractivity contribution is 7.13. The van der Waals surface area contributed by atoms with E-state index in [0.29, 0.717) is 18.5 Å². The van der Waals surface area contributed by atoms with Gasteiger partial charge in [0.15, 0.2) is 16.6 Å². The molecule has 1 amide bonds. The maximum absolute atomic E-state index is 11.7. The van der Waals surface area contributed by atoms with E-state index < -0.39 is 0 Å². The minimum absolute atomic E-state index is 0.134. The Bertz CT molecular complexity index is 817. The van der Waals surface area contributed by atoms with Crippen LogP contribution in [0.15, 0.2) is 23.6 Å². The second kappa shape index (κ2) is 7.74. The van der Waals surface area contributed by atoms with Crippen LogP contribution in [0.4, 0.5) is 5.13 Å². The summed E-state index contributed by atoms with van der Waals surface area (Å²) >= 11 is 1.53. The molecular weight excluding hydrogens is 364 g/mol. The number of aromatic nitrogens is 1. The summed E-state index contributed by atoms with van der Waals surface area (Å²) in [6.07, 6.45) is 1.04. The van der Waals surface area contributed by atoms with Crippen molar-refractivity contribution in [3.63, 3.8) is 0 Å². The minimum atomic E-state index is -0.134. The minimum Gasteiger partial charge on any atom is -0.454 e. The molecule has 2 aromatic rings. The monoisotopic (exact) mass is 388 g/mol. The second-order valence-corrected chi connectivity index (χ2v) is 7.49. The zero-order valence-electron chi connectivity index (χ0n) is 15.6. The molecule has 2 aliphatic heterocycles. The highest BCUT2D eigenvalue weighted by atomic mass is 32.1. The van der Waals surface area contributed by atoms with E-state index in [4.69, 9.17) is 9.47 Å². The first-order valence-electron chi connectivity index (χ1n) is 9.25. The van der Waals surface area contributed by atoms with Gasteiger partial charge in [0.25, 0.3) is 5.91 Å². The first-order valence-corrected chi connectivity index (χ1v) is 10.1. The van der Waals surface area contributed by atoms with Crippen LogP contribution in [0.5, 0.6) is 11.5 Å². The van der Waals surface area contributed by atoms with Crippen molar-refractivity contribution < 1.29 is 14.3 Å². The zero-order chi connectivity index (χ0) is 18.8. The Kier molecular flexibility index (Phi) is 5.18. The van der Waals surface area contributed by atoms with Crippen LogP contribution in [0.2, 0.25) is 0 Å². The Hall–Kier alpha value is -2.32. The van der Waals surface area contributed by atoms with E-state index in [1.54, 1.807) is 7.05 Å². The van der Waals surface area contributed by atoms with E-state index in [1.807, 2.05) is 11.4 Å². The van der Waals surface area contributed by atoms with Gasteiger partial charge in [0.05, 0.1) is 0 Å². The van der Waals surface area contributed by atoms with Crippen molar-refractivity contribution in [2.75, 3.05) is 44.9 Å². The first kappa shape index (κ1) is 18.1. The van der Waals surface area contributed by atoms with Gasteiger partial charge in [-0.25, -0.2) is 4.98 Å². The van der Waals surface area contributed by atoms with Gasteiger partial charge >= 0.3 is 0 Å². The standard InChI is InChI=1S/C19H24N4O3S/c1-3-15(13-4-5-16-17(10-13)26-12-25-16)22-6-8-23(9-7-22)19-21-14(11-27-19)18(24)20-2/h4-5,10-11,15H,3,6-9,12H2,1-2H3,(H,20,24). The number of nitrogens with zero attached hydrogens (tertiary/aromatic N) is 3. The number of benzene rings is 1. The average Bonchev–Trinajstić information content (AvgIpc) is 3.38. The molecule has 1 unspecified atom stereocenters. The number of hydrogen-bond donors (Lipinski definition) is 1. The van der Waals surface area contributed by atoms with Gasteiger partial charge in [0.2, 0.25) is 6.79 Å². The molecule has 4 rings (SSSR count). The van der Waals surface area contributed by atoms with Crippen molar-refractivity contribution in [1.82, 2.24) is 15.2 Å². The van der Waals surface area contributed by atoms with E-state index >= 15 is 0 Å². The third-order valence-corrected chi connectivity index (χ3v) is 6.05. The Labute approximate surface area is 162 Å². The van der Waals surface area contributed by atoms with Gasteiger partial charge in [-0.05, 0) is 24.1 Å². The lowest BCUT2D eigenvalue weighted by molar-refractivity contribution is 0.0959. The molecule has 1 aromatic carbocycles. The van der Waals surface area contributed by atoms with Gasteiger partial charge in [-0.3, -0.25) is 9.69 Å². The van der Waals surface area contributed by atoms with Crippen LogP contribution in [-0.4, -0.2) is 55.8 Å². The van der Waals surface area contributed by atoms with Crippen molar-refractivity contribution in [1.29, 1.82) is 0 Å². The fourth-order valence-electron chi connectivity index (χ4n) is 3.69. The predicted molar refractivity (Wildman–Crippen MR) is 105 cm³/mol. The summed E-state index contributed by atoms with van der Waals surface area (Å²) in [5.41, 5.74) is 1.76. The Morgan fingerprint density at radius 2 is 2.04 bits per heavy atom. The summed E-state index contributed by atoms with van der Waals surface area (Å²) in [7, 11) is 1.63. The van der Waals surface area contributed by atoms with Crippen LogP contribution in [0.1, 0.15) is 35.4 Å². The number of rotatable bonds is 5. The predicted octanol–water partition coefficient (Wildman–Crippen LogP) is 2.50. The molecule has 3 heterocycles. The normalized spacial score (nSPS) is 17.8. The van der Waals surface area contributed by atoms with Gasteiger partial charge in [-0.15, -0.1) is 11.3 Å². The average molecular weight is 388 g/mol. The van der Waals surface area contributed by atoms with Crippen molar-refractivity contribution in [2.24, 2.45) is 0 Å².